The van der Waals surface area contributed by atoms with Gasteiger partial charge in [-0.1, -0.05) is 17.7 Å². The van der Waals surface area contributed by atoms with Crippen LogP contribution in [0.5, 0.6) is 5.75 Å². The summed E-state index contributed by atoms with van der Waals surface area (Å²) < 4.78 is 5.74. The maximum absolute atomic E-state index is 12.2. The van der Waals surface area contributed by atoms with Crippen molar-refractivity contribution in [1.82, 2.24) is 10.2 Å². The van der Waals surface area contributed by atoms with Crippen molar-refractivity contribution in [3.63, 3.8) is 0 Å². The van der Waals surface area contributed by atoms with Crippen molar-refractivity contribution in [3.8, 4) is 5.75 Å². The SMILES string of the molecule is CCN(C(=O)COc1ccc(C)cc1CNC)C1CC1. The predicted molar refractivity (Wildman–Crippen MR) is 79.8 cm³/mol. The number of hydrogen-bond acceptors (Lipinski definition) is 3. The minimum atomic E-state index is 0.0889. The van der Waals surface area contributed by atoms with Gasteiger partial charge in [-0.25, -0.2) is 0 Å². The fourth-order valence-electron chi connectivity index (χ4n) is 2.42. The Bertz CT molecular complexity index is 470. The Balaban J connectivity index is 1.97. The van der Waals surface area contributed by atoms with Gasteiger partial charge in [0, 0.05) is 24.7 Å². The molecule has 0 saturated heterocycles. The van der Waals surface area contributed by atoms with Crippen LogP contribution in [0, 0.1) is 6.92 Å². The molecule has 0 heterocycles. The first-order valence-corrected chi connectivity index (χ1v) is 7.32. The number of carbonyl (C=O) groups is 1. The average Bonchev–Trinajstić information content (AvgIpc) is 3.24. The Morgan fingerprint density at radius 3 is 2.80 bits per heavy atom. The number of nitrogens with one attached hydrogen (secondary N) is 1. The quantitative estimate of drug-likeness (QED) is 0.829. The molecule has 1 N–H and O–H groups in total. The highest BCUT2D eigenvalue weighted by Crippen LogP contribution is 2.27. The molecule has 0 aromatic heterocycles. The third-order valence-electron chi connectivity index (χ3n) is 3.58. The van der Waals surface area contributed by atoms with Gasteiger partial charge in [-0.15, -0.1) is 0 Å². The molecular weight excluding hydrogens is 252 g/mol. The number of carbonyl (C=O) groups excluding carboxylic acids is 1. The zero-order valence-corrected chi connectivity index (χ0v) is 12.6. The van der Waals surface area contributed by atoms with Crippen LogP contribution in [0.25, 0.3) is 0 Å². The lowest BCUT2D eigenvalue weighted by atomic mass is 10.1. The highest BCUT2D eigenvalue weighted by atomic mass is 16.5. The first kappa shape index (κ1) is 14.9. The third-order valence-corrected chi connectivity index (χ3v) is 3.58. The van der Waals surface area contributed by atoms with E-state index in [1.807, 2.05) is 31.0 Å². The molecule has 110 valence electrons. The molecule has 4 heteroatoms. The number of amides is 1. The summed E-state index contributed by atoms with van der Waals surface area (Å²) in [5.41, 5.74) is 2.29. The first-order chi connectivity index (χ1) is 9.65. The topological polar surface area (TPSA) is 41.6 Å². The number of benzene rings is 1. The number of likely N-dealkylation sites (N-methyl/N-ethyl adjacent to an activating group) is 1. The Kier molecular flexibility index (Phi) is 5.01. The molecule has 0 bridgehead atoms. The molecule has 0 unspecified atom stereocenters. The molecule has 1 aliphatic carbocycles. The van der Waals surface area contributed by atoms with Crippen LogP contribution in [0.3, 0.4) is 0 Å². The zero-order chi connectivity index (χ0) is 14.5. The van der Waals surface area contributed by atoms with E-state index in [1.165, 1.54) is 5.56 Å². The lowest BCUT2D eigenvalue weighted by Crippen LogP contribution is -2.36. The molecule has 2 rings (SSSR count). The van der Waals surface area contributed by atoms with E-state index in [-0.39, 0.29) is 12.5 Å². The maximum atomic E-state index is 12.2. The number of aryl methyl sites for hydroxylation is 1. The molecule has 1 aromatic carbocycles. The Labute approximate surface area is 121 Å². The normalized spacial score (nSPS) is 14.2. The molecule has 0 radical (unpaired) electrons. The third kappa shape index (κ3) is 3.73. The minimum Gasteiger partial charge on any atom is -0.483 e. The van der Waals surface area contributed by atoms with Crippen LogP contribution in [-0.2, 0) is 11.3 Å². The lowest BCUT2D eigenvalue weighted by molar-refractivity contribution is -0.133. The highest BCUT2D eigenvalue weighted by Gasteiger charge is 2.31. The standard InChI is InChI=1S/C16H24N2O2/c1-4-18(14-6-7-14)16(19)11-20-15-8-5-12(2)9-13(15)10-17-3/h5,8-9,14,17H,4,6-7,10-11H2,1-3H3. The summed E-state index contributed by atoms with van der Waals surface area (Å²) in [6.07, 6.45) is 2.27. The number of ether oxygens (including phenoxy) is 1. The van der Waals surface area contributed by atoms with E-state index in [0.717, 1.165) is 37.2 Å². The van der Waals surface area contributed by atoms with Gasteiger partial charge >= 0.3 is 0 Å². The van der Waals surface area contributed by atoms with Crippen LogP contribution >= 0.6 is 0 Å². The van der Waals surface area contributed by atoms with E-state index in [1.54, 1.807) is 0 Å². The van der Waals surface area contributed by atoms with Crippen LogP contribution in [-0.4, -0.2) is 37.0 Å². The lowest BCUT2D eigenvalue weighted by Gasteiger charge is -2.21. The Morgan fingerprint density at radius 1 is 1.45 bits per heavy atom. The zero-order valence-electron chi connectivity index (χ0n) is 12.6. The van der Waals surface area contributed by atoms with E-state index in [9.17, 15) is 4.79 Å². The summed E-state index contributed by atoms with van der Waals surface area (Å²) in [7, 11) is 1.91. The molecular formula is C16H24N2O2. The maximum Gasteiger partial charge on any atom is 0.260 e. The van der Waals surface area contributed by atoms with E-state index >= 15 is 0 Å². The summed E-state index contributed by atoms with van der Waals surface area (Å²) in [5, 5.41) is 3.13. The summed E-state index contributed by atoms with van der Waals surface area (Å²) in [6, 6.07) is 6.50. The summed E-state index contributed by atoms with van der Waals surface area (Å²) in [4.78, 5) is 14.1. The number of nitrogens with zero attached hydrogens (tertiary/aromatic N) is 1. The average molecular weight is 276 g/mol. The number of rotatable bonds is 7. The van der Waals surface area contributed by atoms with Crippen molar-refractivity contribution in [3.05, 3.63) is 29.3 Å². The fourth-order valence-corrected chi connectivity index (χ4v) is 2.42. The molecule has 0 spiro atoms. The van der Waals surface area contributed by atoms with E-state index < -0.39 is 0 Å². The van der Waals surface area contributed by atoms with Gasteiger partial charge in [0.05, 0.1) is 0 Å². The van der Waals surface area contributed by atoms with Gasteiger partial charge < -0.3 is 15.0 Å². The molecule has 20 heavy (non-hydrogen) atoms. The minimum absolute atomic E-state index is 0.0889. The predicted octanol–water partition coefficient (Wildman–Crippen LogP) is 2.10. The van der Waals surface area contributed by atoms with Gasteiger partial charge in [-0.2, -0.15) is 0 Å². The van der Waals surface area contributed by atoms with Crippen molar-refractivity contribution in [1.29, 1.82) is 0 Å². The largest absolute Gasteiger partial charge is 0.483 e. The smallest absolute Gasteiger partial charge is 0.260 e. The van der Waals surface area contributed by atoms with E-state index in [4.69, 9.17) is 4.74 Å². The molecule has 0 aliphatic heterocycles. The van der Waals surface area contributed by atoms with Crippen LogP contribution in [0.2, 0.25) is 0 Å². The highest BCUT2D eigenvalue weighted by molar-refractivity contribution is 5.78. The van der Waals surface area contributed by atoms with Crippen LogP contribution < -0.4 is 10.1 Å². The van der Waals surface area contributed by atoms with Gasteiger partial charge in [0.15, 0.2) is 6.61 Å². The summed E-state index contributed by atoms with van der Waals surface area (Å²) in [5.74, 6) is 0.885. The second-order valence-electron chi connectivity index (χ2n) is 5.34. The van der Waals surface area contributed by atoms with Gasteiger partial charge in [-0.3, -0.25) is 4.79 Å². The number of hydrogen-bond donors (Lipinski definition) is 1. The molecule has 4 nitrogen and oxygen atoms in total. The monoisotopic (exact) mass is 276 g/mol. The van der Waals surface area contributed by atoms with E-state index in [0.29, 0.717) is 6.04 Å². The van der Waals surface area contributed by atoms with Crippen LogP contribution in [0.4, 0.5) is 0 Å². The molecule has 1 aromatic rings. The van der Waals surface area contributed by atoms with Crippen molar-refractivity contribution in [2.75, 3.05) is 20.2 Å². The Morgan fingerprint density at radius 2 is 2.20 bits per heavy atom. The molecule has 1 aliphatic rings. The van der Waals surface area contributed by atoms with E-state index in [2.05, 4.69) is 18.3 Å². The Hall–Kier alpha value is -1.55. The second-order valence-corrected chi connectivity index (χ2v) is 5.34. The van der Waals surface area contributed by atoms with Crippen molar-refractivity contribution < 1.29 is 9.53 Å². The fraction of sp³-hybridized carbons (Fsp3) is 0.562. The van der Waals surface area contributed by atoms with Crippen LogP contribution in [0.1, 0.15) is 30.9 Å². The summed E-state index contributed by atoms with van der Waals surface area (Å²) >= 11 is 0. The molecule has 0 atom stereocenters. The van der Waals surface area contributed by atoms with Crippen molar-refractivity contribution >= 4 is 5.91 Å². The molecule has 1 amide bonds. The molecule has 1 fully saturated rings. The molecule has 1 saturated carbocycles. The first-order valence-electron chi connectivity index (χ1n) is 7.32. The summed E-state index contributed by atoms with van der Waals surface area (Å²) in [6.45, 7) is 5.72. The van der Waals surface area contributed by atoms with Gasteiger partial charge in [-0.05, 0) is 39.8 Å². The van der Waals surface area contributed by atoms with Gasteiger partial charge in [0.2, 0.25) is 0 Å². The van der Waals surface area contributed by atoms with Crippen LogP contribution in [0.15, 0.2) is 18.2 Å². The van der Waals surface area contributed by atoms with Crippen molar-refractivity contribution in [2.24, 2.45) is 0 Å². The van der Waals surface area contributed by atoms with Gasteiger partial charge in [0.1, 0.15) is 5.75 Å². The van der Waals surface area contributed by atoms with Crippen molar-refractivity contribution in [2.45, 2.75) is 39.3 Å². The second kappa shape index (κ2) is 6.75. The van der Waals surface area contributed by atoms with Gasteiger partial charge in [0.25, 0.3) is 5.91 Å².